The number of nitrogens with zero attached hydrogens (tertiary/aromatic N) is 2. The van der Waals surface area contributed by atoms with E-state index in [1.807, 2.05) is 37.2 Å². The first-order valence-electron chi connectivity index (χ1n) is 7.32. The number of benzene rings is 1. The maximum Gasteiger partial charge on any atom is 0.307 e. The molecule has 0 amide bonds. The highest BCUT2D eigenvalue weighted by Crippen LogP contribution is 2.38. The Labute approximate surface area is 134 Å². The Kier molecular flexibility index (Phi) is 4.06. The van der Waals surface area contributed by atoms with Crippen molar-refractivity contribution in [1.29, 1.82) is 0 Å². The molecule has 2 aromatic rings. The molecule has 0 saturated carbocycles. The number of rotatable bonds is 4. The minimum atomic E-state index is -0.884. The molecule has 2 heterocycles. The zero-order chi connectivity index (χ0) is 16.4. The number of carboxylic acid groups (broad SMARTS) is 1. The van der Waals surface area contributed by atoms with Crippen LogP contribution in [0.5, 0.6) is 11.5 Å². The molecule has 0 unspecified atom stereocenters. The average Bonchev–Trinajstić information content (AvgIpc) is 2.53. The fourth-order valence-corrected chi connectivity index (χ4v) is 2.54. The summed E-state index contributed by atoms with van der Waals surface area (Å²) in [5.74, 6) is 1.16. The summed E-state index contributed by atoms with van der Waals surface area (Å²) in [6.45, 7) is 0.961. The normalized spacial score (nSPS) is 12.8. The van der Waals surface area contributed by atoms with Crippen LogP contribution >= 0.6 is 0 Å². The highest BCUT2D eigenvalue weighted by atomic mass is 16.6. The fraction of sp³-hybridized carbons (Fsp3) is 0.294. The number of hydrogen-bond donors (Lipinski definition) is 1. The number of aromatic nitrogens is 1. The van der Waals surface area contributed by atoms with Gasteiger partial charge in [-0.2, -0.15) is 0 Å². The number of ether oxygens (including phenoxy) is 2. The summed E-state index contributed by atoms with van der Waals surface area (Å²) in [6, 6.07) is 7.40. The molecule has 0 fully saturated rings. The van der Waals surface area contributed by atoms with Crippen molar-refractivity contribution in [3.8, 4) is 22.6 Å². The van der Waals surface area contributed by atoms with Crippen LogP contribution in [0.4, 0.5) is 5.82 Å². The molecule has 23 heavy (non-hydrogen) atoms. The number of aliphatic carboxylic acids is 1. The molecule has 1 aliphatic rings. The highest BCUT2D eigenvalue weighted by Gasteiger charge is 2.18. The third kappa shape index (κ3) is 3.21. The molecule has 1 aliphatic heterocycles. The van der Waals surface area contributed by atoms with Gasteiger partial charge >= 0.3 is 5.97 Å². The smallest absolute Gasteiger partial charge is 0.307 e. The van der Waals surface area contributed by atoms with Crippen molar-refractivity contribution in [3.05, 3.63) is 36.0 Å². The lowest BCUT2D eigenvalue weighted by Crippen LogP contribution is -2.16. The molecule has 120 valence electrons. The van der Waals surface area contributed by atoms with E-state index in [0.29, 0.717) is 30.3 Å². The monoisotopic (exact) mass is 314 g/mol. The van der Waals surface area contributed by atoms with Gasteiger partial charge in [-0.05, 0) is 41.0 Å². The Balaban J connectivity index is 2.12. The number of carbonyl (C=O) groups is 1. The largest absolute Gasteiger partial charge is 0.486 e. The molecule has 0 bridgehead atoms. The standard InChI is InChI=1S/C17H18N2O4/c1-19(2)16-8-11(3-4-18-16)13-10-15-14(22-5-6-23-15)7-12(13)9-17(20)21/h3-4,7-8,10H,5-6,9H2,1-2H3,(H,20,21). The summed E-state index contributed by atoms with van der Waals surface area (Å²) in [7, 11) is 3.82. The van der Waals surface area contributed by atoms with Crippen molar-refractivity contribution in [1.82, 2.24) is 4.98 Å². The van der Waals surface area contributed by atoms with Gasteiger partial charge in [0.1, 0.15) is 19.0 Å². The SMILES string of the molecule is CN(C)c1cc(-c2cc3c(cc2CC(=O)O)OCCO3)ccn1. The third-order valence-electron chi connectivity index (χ3n) is 3.62. The molecule has 1 aromatic carbocycles. The summed E-state index contributed by atoms with van der Waals surface area (Å²) >= 11 is 0. The Bertz CT molecular complexity index is 743. The summed E-state index contributed by atoms with van der Waals surface area (Å²) in [5, 5.41) is 9.19. The predicted molar refractivity (Wildman–Crippen MR) is 86.3 cm³/mol. The summed E-state index contributed by atoms with van der Waals surface area (Å²) in [5.41, 5.74) is 2.41. The van der Waals surface area contributed by atoms with Crippen LogP contribution in [-0.4, -0.2) is 43.4 Å². The molecule has 0 aliphatic carbocycles. The third-order valence-corrected chi connectivity index (χ3v) is 3.62. The van der Waals surface area contributed by atoms with Crippen molar-refractivity contribution >= 4 is 11.8 Å². The van der Waals surface area contributed by atoms with Gasteiger partial charge in [0, 0.05) is 20.3 Å². The number of carboxylic acids is 1. The van der Waals surface area contributed by atoms with Crippen LogP contribution in [0.3, 0.4) is 0 Å². The minimum Gasteiger partial charge on any atom is -0.486 e. The molecule has 1 N–H and O–H groups in total. The average molecular weight is 314 g/mol. The van der Waals surface area contributed by atoms with E-state index in [-0.39, 0.29) is 6.42 Å². The Hall–Kier alpha value is -2.76. The van der Waals surface area contributed by atoms with Crippen LogP contribution in [0.25, 0.3) is 11.1 Å². The zero-order valence-corrected chi connectivity index (χ0v) is 13.1. The molecule has 6 heteroatoms. The molecule has 0 radical (unpaired) electrons. The number of hydrogen-bond acceptors (Lipinski definition) is 5. The minimum absolute atomic E-state index is 0.0778. The number of fused-ring (bicyclic) bond motifs is 1. The molecule has 1 aromatic heterocycles. The van der Waals surface area contributed by atoms with Crippen LogP contribution in [0, 0.1) is 0 Å². The Morgan fingerprint density at radius 1 is 1.22 bits per heavy atom. The van der Waals surface area contributed by atoms with Crippen LogP contribution in [0.15, 0.2) is 30.5 Å². The summed E-state index contributed by atoms with van der Waals surface area (Å²) < 4.78 is 11.2. The van der Waals surface area contributed by atoms with E-state index in [2.05, 4.69) is 4.98 Å². The van der Waals surface area contributed by atoms with Gasteiger partial charge in [-0.25, -0.2) is 4.98 Å². The van der Waals surface area contributed by atoms with Crippen molar-refractivity contribution < 1.29 is 19.4 Å². The lowest BCUT2D eigenvalue weighted by atomic mass is 9.97. The van der Waals surface area contributed by atoms with Gasteiger partial charge in [0.25, 0.3) is 0 Å². The van der Waals surface area contributed by atoms with E-state index in [0.717, 1.165) is 16.9 Å². The topological polar surface area (TPSA) is 71.9 Å². The lowest BCUT2D eigenvalue weighted by molar-refractivity contribution is -0.136. The Morgan fingerprint density at radius 3 is 2.57 bits per heavy atom. The quantitative estimate of drug-likeness (QED) is 0.933. The van der Waals surface area contributed by atoms with E-state index in [1.165, 1.54) is 0 Å². The van der Waals surface area contributed by atoms with Crippen molar-refractivity contribution in [2.45, 2.75) is 6.42 Å². The van der Waals surface area contributed by atoms with Gasteiger partial charge in [-0.3, -0.25) is 4.79 Å². The van der Waals surface area contributed by atoms with E-state index < -0.39 is 5.97 Å². The van der Waals surface area contributed by atoms with Crippen molar-refractivity contribution in [2.24, 2.45) is 0 Å². The zero-order valence-electron chi connectivity index (χ0n) is 13.1. The molecule has 0 spiro atoms. The van der Waals surface area contributed by atoms with Gasteiger partial charge in [-0.1, -0.05) is 0 Å². The molecule has 6 nitrogen and oxygen atoms in total. The first-order valence-corrected chi connectivity index (χ1v) is 7.32. The highest BCUT2D eigenvalue weighted by molar-refractivity contribution is 5.79. The van der Waals surface area contributed by atoms with Gasteiger partial charge in [0.15, 0.2) is 11.5 Å². The number of anilines is 1. The van der Waals surface area contributed by atoms with Crippen LogP contribution in [0.2, 0.25) is 0 Å². The van der Waals surface area contributed by atoms with Gasteiger partial charge in [0.05, 0.1) is 6.42 Å². The van der Waals surface area contributed by atoms with Crippen molar-refractivity contribution in [2.75, 3.05) is 32.2 Å². The van der Waals surface area contributed by atoms with Crippen molar-refractivity contribution in [3.63, 3.8) is 0 Å². The lowest BCUT2D eigenvalue weighted by Gasteiger charge is -2.21. The van der Waals surface area contributed by atoms with Crippen LogP contribution in [0.1, 0.15) is 5.56 Å². The second-order valence-electron chi connectivity index (χ2n) is 5.52. The number of pyridine rings is 1. The molecule has 0 atom stereocenters. The van der Waals surface area contributed by atoms with E-state index in [9.17, 15) is 9.90 Å². The predicted octanol–water partition coefficient (Wildman–Crippen LogP) is 2.21. The van der Waals surface area contributed by atoms with Crippen LogP contribution < -0.4 is 14.4 Å². The van der Waals surface area contributed by atoms with E-state index in [1.54, 1.807) is 12.3 Å². The second kappa shape index (κ2) is 6.16. The summed E-state index contributed by atoms with van der Waals surface area (Å²) in [4.78, 5) is 17.4. The maximum atomic E-state index is 11.2. The Morgan fingerprint density at radius 2 is 1.91 bits per heavy atom. The van der Waals surface area contributed by atoms with Gasteiger partial charge < -0.3 is 19.5 Å². The molecule has 3 rings (SSSR count). The first kappa shape index (κ1) is 15.1. The maximum absolute atomic E-state index is 11.2. The van der Waals surface area contributed by atoms with Crippen LogP contribution in [-0.2, 0) is 11.2 Å². The molecule has 0 saturated heterocycles. The summed E-state index contributed by atoms with van der Waals surface area (Å²) in [6.07, 6.45) is 1.64. The molecular formula is C17H18N2O4. The van der Waals surface area contributed by atoms with E-state index in [4.69, 9.17) is 9.47 Å². The van der Waals surface area contributed by atoms with Gasteiger partial charge in [-0.15, -0.1) is 0 Å². The molecular weight excluding hydrogens is 296 g/mol. The first-order chi connectivity index (χ1) is 11.0. The van der Waals surface area contributed by atoms with Gasteiger partial charge in [0.2, 0.25) is 0 Å². The second-order valence-corrected chi connectivity index (χ2v) is 5.52. The fourth-order valence-electron chi connectivity index (χ4n) is 2.54. The van der Waals surface area contributed by atoms with E-state index >= 15 is 0 Å².